The molecule has 0 fully saturated rings. The van der Waals surface area contributed by atoms with Crippen LogP contribution in [0.5, 0.6) is 0 Å². The molecule has 4 nitrogen and oxygen atoms in total. The molecule has 2 N–H and O–H groups in total. The Balaban J connectivity index is 0.000000312. The fraction of sp³-hybridized carbons (Fsp3) is 0.263. The van der Waals surface area contributed by atoms with Crippen LogP contribution < -0.4 is 0 Å². The molecule has 129 valence electrons. The van der Waals surface area contributed by atoms with E-state index in [-0.39, 0.29) is 31.6 Å². The number of ether oxygens (including phenoxy) is 1. The summed E-state index contributed by atoms with van der Waals surface area (Å²) in [5, 5.41) is 10.8. The molecule has 5 heteroatoms. The topological polar surface area (TPSA) is 63.2 Å². The third-order valence-corrected chi connectivity index (χ3v) is 3.12. The minimum atomic E-state index is 0. The Kier molecular flexibility index (Phi) is 8.37. The number of allylic oxidation sites excluding steroid dienone is 2. The molecule has 0 saturated heterocycles. The number of aliphatic hydroxyl groups is 1. The zero-order chi connectivity index (χ0) is 16.7. The third-order valence-electron chi connectivity index (χ3n) is 3.12. The van der Waals surface area contributed by atoms with E-state index in [0.29, 0.717) is 0 Å². The first-order chi connectivity index (χ1) is 11.1. The Labute approximate surface area is 155 Å². The summed E-state index contributed by atoms with van der Waals surface area (Å²) in [4.78, 5) is 12.8. The van der Waals surface area contributed by atoms with Gasteiger partial charge in [-0.3, -0.25) is 9.79 Å². The van der Waals surface area contributed by atoms with Gasteiger partial charge >= 0.3 is 5.78 Å². The number of hydrogen-bond donors (Lipinski definition) is 1. The molecule has 3 rings (SSSR count). The van der Waals surface area contributed by atoms with Crippen LogP contribution in [0.1, 0.15) is 25.8 Å². The Bertz CT molecular complexity index is 749. The molecule has 0 aromatic heterocycles. The van der Waals surface area contributed by atoms with E-state index in [1.807, 2.05) is 18.2 Å². The van der Waals surface area contributed by atoms with Gasteiger partial charge in [0.1, 0.15) is 5.90 Å². The molecule has 0 saturated carbocycles. The van der Waals surface area contributed by atoms with Crippen molar-refractivity contribution in [1.82, 2.24) is 0 Å². The Morgan fingerprint density at radius 1 is 1.29 bits per heavy atom. The smallest absolute Gasteiger partial charge is 0.316 e. The average molecular weight is 504 g/mol. The molecule has 2 aromatic carbocycles. The number of benzene rings is 2. The van der Waals surface area contributed by atoms with E-state index in [1.165, 1.54) is 30.7 Å². The van der Waals surface area contributed by atoms with Crippen molar-refractivity contribution in [2.24, 2.45) is 4.99 Å². The molecule has 0 aliphatic carbocycles. The first kappa shape index (κ1) is 20.1. The summed E-state index contributed by atoms with van der Waals surface area (Å²) in [6.45, 7) is 4.62. The molecule has 1 heterocycles. The minimum Gasteiger partial charge on any atom is -0.520 e. The molecule has 0 spiro atoms. The average Bonchev–Trinajstić information content (AvgIpc) is 2.54. The molecule has 1 radical (unpaired) electrons. The van der Waals surface area contributed by atoms with Crippen LogP contribution in [-0.4, -0.2) is 34.7 Å². The maximum atomic E-state index is 8.40. The fourth-order valence-corrected chi connectivity index (χ4v) is 2.17. The van der Waals surface area contributed by atoms with Crippen molar-refractivity contribution in [2.45, 2.75) is 20.3 Å². The second-order valence-corrected chi connectivity index (χ2v) is 5.29. The number of hydrogen-bond acceptors (Lipinski definition) is 3. The zero-order valence-corrected chi connectivity index (χ0v) is 16.1. The summed E-state index contributed by atoms with van der Waals surface area (Å²) in [5.74, 6) is 0.983. The van der Waals surface area contributed by atoms with Gasteiger partial charge in [0, 0.05) is 26.7 Å². The van der Waals surface area contributed by atoms with Crippen molar-refractivity contribution < 1.29 is 34.7 Å². The summed E-state index contributed by atoms with van der Waals surface area (Å²) in [7, 11) is 0. The molecule has 1 aliphatic heterocycles. The van der Waals surface area contributed by atoms with E-state index in [9.17, 15) is 0 Å². The number of carbonyl (C=O) groups excluding carboxylic acids is 1. The summed E-state index contributed by atoms with van der Waals surface area (Å²) >= 11 is 0. The van der Waals surface area contributed by atoms with Crippen molar-refractivity contribution in [3.63, 3.8) is 0 Å². The van der Waals surface area contributed by atoms with Gasteiger partial charge in [-0.05, 0) is 13.3 Å². The predicted molar refractivity (Wildman–Crippen MR) is 93.8 cm³/mol. The van der Waals surface area contributed by atoms with Crippen LogP contribution >= 0.6 is 0 Å². The molecular formula is C19H21IrNO3. The predicted octanol–water partition coefficient (Wildman–Crippen LogP) is 3.82. The van der Waals surface area contributed by atoms with Crippen molar-refractivity contribution in [2.75, 3.05) is 13.2 Å². The van der Waals surface area contributed by atoms with Crippen LogP contribution in [0.25, 0.3) is 10.8 Å². The second kappa shape index (κ2) is 10.0. The monoisotopic (exact) mass is 504 g/mol. The molecule has 0 bridgehead atoms. The zero-order valence-electron chi connectivity index (χ0n) is 13.7. The third kappa shape index (κ3) is 6.26. The molecule has 0 unspecified atom stereocenters. The SMILES string of the molecule is CC(=[OH+])/C=C(/C)O.[Ir].[c-]1cc2ccccc2cc1C1=NCCCO1. The van der Waals surface area contributed by atoms with Gasteiger partial charge in [-0.25, -0.2) is 0 Å². The van der Waals surface area contributed by atoms with Crippen LogP contribution in [0.15, 0.2) is 53.2 Å². The van der Waals surface area contributed by atoms with Gasteiger partial charge in [0.25, 0.3) is 0 Å². The molecule has 2 aromatic rings. The van der Waals surface area contributed by atoms with Crippen LogP contribution in [-0.2, 0) is 24.8 Å². The Hall–Kier alpha value is -1.97. The van der Waals surface area contributed by atoms with Crippen molar-refractivity contribution in [3.05, 3.63) is 59.9 Å². The minimum absolute atomic E-state index is 0. The van der Waals surface area contributed by atoms with Gasteiger partial charge in [-0.1, -0.05) is 35.2 Å². The number of aliphatic hydroxyl groups excluding tert-OH is 1. The van der Waals surface area contributed by atoms with Crippen molar-refractivity contribution >= 4 is 22.5 Å². The number of aliphatic imine (C=N–C) groups is 1. The maximum Gasteiger partial charge on any atom is 0.316 e. The fourth-order valence-electron chi connectivity index (χ4n) is 2.17. The number of nitrogens with zero attached hydrogens (tertiary/aromatic N) is 1. The number of ketones is 1. The molecular weight excluding hydrogens is 482 g/mol. The number of rotatable bonds is 2. The van der Waals surface area contributed by atoms with Gasteiger partial charge in [-0.2, -0.15) is 0 Å². The van der Waals surface area contributed by atoms with Gasteiger partial charge in [0.15, 0.2) is 0 Å². The molecule has 0 amide bonds. The molecule has 0 atom stereocenters. The Morgan fingerprint density at radius 3 is 2.54 bits per heavy atom. The summed E-state index contributed by atoms with van der Waals surface area (Å²) in [6, 6.07) is 15.5. The summed E-state index contributed by atoms with van der Waals surface area (Å²) in [6.07, 6.45) is 2.29. The van der Waals surface area contributed by atoms with E-state index in [4.69, 9.17) is 14.6 Å². The van der Waals surface area contributed by atoms with Gasteiger partial charge < -0.3 is 9.84 Å². The van der Waals surface area contributed by atoms with E-state index < -0.39 is 0 Å². The van der Waals surface area contributed by atoms with Crippen molar-refractivity contribution in [3.8, 4) is 0 Å². The van der Waals surface area contributed by atoms with Gasteiger partial charge in [0.2, 0.25) is 0 Å². The van der Waals surface area contributed by atoms with E-state index >= 15 is 0 Å². The van der Waals surface area contributed by atoms with Gasteiger partial charge in [0.05, 0.1) is 25.4 Å². The normalized spacial score (nSPS) is 13.8. The first-order valence-corrected chi connectivity index (χ1v) is 7.54. The van der Waals surface area contributed by atoms with Crippen LogP contribution in [0.3, 0.4) is 0 Å². The summed E-state index contributed by atoms with van der Waals surface area (Å²) in [5.41, 5.74) is 0.957. The van der Waals surface area contributed by atoms with Crippen LogP contribution in [0.4, 0.5) is 0 Å². The first-order valence-electron chi connectivity index (χ1n) is 7.54. The standard InChI is InChI=1S/C14H12NO.C5H8O2.Ir/c1-2-5-12-10-13(7-6-11(12)4-1)14-15-8-3-9-16-14;1-4(6)3-5(2)7;/h1-2,4-6,10H,3,8-9H2;3,6H,1-2H3;/q-1;;/p+1/b;4-3-;. The van der Waals surface area contributed by atoms with E-state index in [1.54, 1.807) is 0 Å². The van der Waals surface area contributed by atoms with Crippen LogP contribution in [0, 0.1) is 6.07 Å². The van der Waals surface area contributed by atoms with Crippen molar-refractivity contribution in [1.29, 1.82) is 0 Å². The second-order valence-electron chi connectivity index (χ2n) is 5.29. The summed E-state index contributed by atoms with van der Waals surface area (Å²) < 4.78 is 5.53. The maximum absolute atomic E-state index is 8.40. The van der Waals surface area contributed by atoms with E-state index in [0.717, 1.165) is 31.0 Å². The molecule has 24 heavy (non-hydrogen) atoms. The quantitative estimate of drug-likeness (QED) is 0.293. The molecule has 1 aliphatic rings. The van der Waals surface area contributed by atoms with E-state index in [2.05, 4.69) is 29.3 Å². The number of fused-ring (bicyclic) bond motifs is 1. The largest absolute Gasteiger partial charge is 0.520 e. The van der Waals surface area contributed by atoms with Gasteiger partial charge in [-0.15, -0.1) is 23.6 Å². The van der Waals surface area contributed by atoms with Crippen LogP contribution in [0.2, 0.25) is 0 Å². The Morgan fingerprint density at radius 2 is 2.00 bits per heavy atom.